The summed E-state index contributed by atoms with van der Waals surface area (Å²) in [6, 6.07) is 23.3. The van der Waals surface area contributed by atoms with Crippen LogP contribution in [0.25, 0.3) is 28.2 Å². The summed E-state index contributed by atoms with van der Waals surface area (Å²) in [6.07, 6.45) is 3.03. The summed E-state index contributed by atoms with van der Waals surface area (Å²) in [7, 11) is 0. The third kappa shape index (κ3) is 7.05. The van der Waals surface area contributed by atoms with Crippen LogP contribution >= 0.6 is 0 Å². The van der Waals surface area contributed by atoms with Crippen molar-refractivity contribution in [1.29, 1.82) is 0 Å². The number of aryl methyl sites for hydroxylation is 2. The van der Waals surface area contributed by atoms with Crippen LogP contribution in [-0.2, 0) is 12.8 Å². The molecule has 1 N–H and O–H groups in total. The SMILES string of the molecule is CCCOc1ccc(-n2c(C)nc(CCC)c(Cc3ccc(-c4ccccc4-c4noc(=O)[nH]4)cc3)c2=O)cc1.[K]. The number of aromatic amines is 1. The number of rotatable bonds is 10. The maximum Gasteiger partial charge on any atom is 0.439 e. The summed E-state index contributed by atoms with van der Waals surface area (Å²) in [4.78, 5) is 32.9. The van der Waals surface area contributed by atoms with E-state index in [0.717, 1.165) is 58.6 Å². The molecule has 0 aliphatic rings. The van der Waals surface area contributed by atoms with Crippen molar-refractivity contribution in [2.45, 2.75) is 46.5 Å². The third-order valence-corrected chi connectivity index (χ3v) is 6.75. The second-order valence-corrected chi connectivity index (χ2v) is 9.68. The van der Waals surface area contributed by atoms with Crippen molar-refractivity contribution in [2.75, 3.05) is 6.61 Å². The second-order valence-electron chi connectivity index (χ2n) is 9.68. The van der Waals surface area contributed by atoms with Gasteiger partial charge in [0.1, 0.15) is 11.6 Å². The van der Waals surface area contributed by atoms with Crippen LogP contribution in [0.1, 0.15) is 49.3 Å². The minimum absolute atomic E-state index is 0. The van der Waals surface area contributed by atoms with Gasteiger partial charge in [0.25, 0.3) is 5.56 Å². The van der Waals surface area contributed by atoms with Gasteiger partial charge < -0.3 is 4.74 Å². The average Bonchev–Trinajstić information content (AvgIpc) is 3.41. The van der Waals surface area contributed by atoms with Gasteiger partial charge in [-0.15, -0.1) is 0 Å². The first kappa shape index (κ1) is 30.9. The summed E-state index contributed by atoms with van der Waals surface area (Å²) in [5.41, 5.74) is 5.90. The fourth-order valence-corrected chi connectivity index (χ4v) is 4.85. The van der Waals surface area contributed by atoms with Crippen LogP contribution in [0.15, 0.2) is 86.9 Å². The third-order valence-electron chi connectivity index (χ3n) is 6.75. The Labute approximate surface area is 281 Å². The van der Waals surface area contributed by atoms with Crippen molar-refractivity contribution in [2.24, 2.45) is 0 Å². The van der Waals surface area contributed by atoms with Gasteiger partial charge in [0.05, 0.1) is 18.0 Å². The summed E-state index contributed by atoms with van der Waals surface area (Å²) in [5, 5.41) is 3.85. The van der Waals surface area contributed by atoms with Gasteiger partial charge in [-0.3, -0.25) is 18.9 Å². The smallest absolute Gasteiger partial charge is 0.439 e. The molecule has 9 heteroatoms. The molecule has 0 spiro atoms. The fraction of sp³-hybridized carbons (Fsp3) is 0.250. The molecule has 0 aliphatic carbocycles. The van der Waals surface area contributed by atoms with E-state index >= 15 is 0 Å². The molecule has 2 heterocycles. The van der Waals surface area contributed by atoms with Crippen LogP contribution in [0.5, 0.6) is 5.75 Å². The van der Waals surface area contributed by atoms with Crippen molar-refractivity contribution in [3.8, 4) is 34.0 Å². The van der Waals surface area contributed by atoms with E-state index < -0.39 is 5.76 Å². The number of ether oxygens (including phenoxy) is 1. The van der Waals surface area contributed by atoms with Crippen LogP contribution in [-0.4, -0.2) is 77.7 Å². The summed E-state index contributed by atoms with van der Waals surface area (Å²) in [6.45, 7) is 6.69. The van der Waals surface area contributed by atoms with E-state index in [-0.39, 0.29) is 56.9 Å². The molecule has 1 radical (unpaired) electrons. The first-order chi connectivity index (χ1) is 19.5. The zero-order chi connectivity index (χ0) is 28.1. The average molecular weight is 576 g/mol. The van der Waals surface area contributed by atoms with Crippen molar-refractivity contribution in [1.82, 2.24) is 19.7 Å². The predicted octanol–water partition coefficient (Wildman–Crippen LogP) is 5.50. The first-order valence-electron chi connectivity index (χ1n) is 13.6. The normalized spacial score (nSPS) is 10.8. The zero-order valence-corrected chi connectivity index (χ0v) is 27.1. The van der Waals surface area contributed by atoms with E-state index in [1.54, 1.807) is 4.57 Å². The van der Waals surface area contributed by atoms with E-state index in [1.165, 1.54) is 0 Å². The Morgan fingerprint density at radius 3 is 2.24 bits per heavy atom. The van der Waals surface area contributed by atoms with E-state index in [1.807, 2.05) is 79.7 Å². The minimum Gasteiger partial charge on any atom is -0.494 e. The topological polar surface area (TPSA) is 103 Å². The van der Waals surface area contributed by atoms with Gasteiger partial charge in [0.15, 0.2) is 5.82 Å². The van der Waals surface area contributed by atoms with Gasteiger partial charge >= 0.3 is 5.76 Å². The van der Waals surface area contributed by atoms with Crippen molar-refractivity contribution in [3.05, 3.63) is 116 Å². The first-order valence-corrected chi connectivity index (χ1v) is 13.6. The molecule has 8 nitrogen and oxygen atoms in total. The Hall–Kier alpha value is -3.08. The van der Waals surface area contributed by atoms with Crippen LogP contribution in [0.3, 0.4) is 0 Å². The molecule has 0 saturated heterocycles. The molecule has 0 aliphatic heterocycles. The molecule has 2 aromatic heterocycles. The number of H-pyrrole nitrogens is 1. The Bertz CT molecular complexity index is 1720. The Kier molecular flexibility index (Phi) is 10.7. The van der Waals surface area contributed by atoms with E-state index in [0.29, 0.717) is 30.2 Å². The van der Waals surface area contributed by atoms with Gasteiger partial charge in [0.2, 0.25) is 0 Å². The molecule has 5 rings (SSSR count). The summed E-state index contributed by atoms with van der Waals surface area (Å²) in [5.74, 6) is 1.23. The molecule has 0 bridgehead atoms. The Balaban J connectivity index is 0.00000387. The van der Waals surface area contributed by atoms with Gasteiger partial charge in [-0.2, -0.15) is 0 Å². The maximum absolute atomic E-state index is 13.9. The standard InChI is InChI=1S/C32H32N4O4.K/c1-4-8-29-28(31(37)36(21(3)33-29)24-15-17-25(18-16-24)39-19-5-2)20-22-11-13-23(14-12-22)26-9-6-7-10-27(26)30-34-32(38)40-35-30;/h6-7,9-18H,4-5,8,19-20H2,1-3H3,(H,34,35,38);. The molecule has 205 valence electrons. The maximum atomic E-state index is 13.9. The van der Waals surface area contributed by atoms with E-state index in [2.05, 4.69) is 24.0 Å². The van der Waals surface area contributed by atoms with Gasteiger partial charge in [-0.05, 0) is 60.7 Å². The molecule has 0 amide bonds. The number of hydrogen-bond acceptors (Lipinski definition) is 6. The Morgan fingerprint density at radius 2 is 1.61 bits per heavy atom. The number of hydrogen-bond donors (Lipinski definition) is 1. The number of aromatic nitrogens is 4. The molecule has 5 aromatic rings. The Morgan fingerprint density at radius 1 is 0.902 bits per heavy atom. The number of nitrogens with one attached hydrogen (secondary N) is 1. The van der Waals surface area contributed by atoms with Crippen LogP contribution in [0, 0.1) is 6.92 Å². The molecular weight excluding hydrogens is 543 g/mol. The molecule has 0 saturated carbocycles. The molecule has 0 unspecified atom stereocenters. The summed E-state index contributed by atoms with van der Waals surface area (Å²) < 4.78 is 12.1. The van der Waals surface area contributed by atoms with Crippen molar-refractivity contribution in [3.63, 3.8) is 0 Å². The zero-order valence-electron chi connectivity index (χ0n) is 23.9. The van der Waals surface area contributed by atoms with Gasteiger partial charge in [-0.1, -0.05) is 74.0 Å². The van der Waals surface area contributed by atoms with E-state index in [4.69, 9.17) is 14.2 Å². The fourth-order valence-electron chi connectivity index (χ4n) is 4.85. The molecule has 0 atom stereocenters. The molecule has 41 heavy (non-hydrogen) atoms. The van der Waals surface area contributed by atoms with Gasteiger partial charge in [-0.25, -0.2) is 9.78 Å². The second kappa shape index (κ2) is 14.2. The van der Waals surface area contributed by atoms with Crippen LogP contribution in [0.2, 0.25) is 0 Å². The molecule has 3 aromatic carbocycles. The van der Waals surface area contributed by atoms with E-state index in [9.17, 15) is 9.59 Å². The minimum atomic E-state index is -0.596. The van der Waals surface area contributed by atoms with Crippen LogP contribution in [0.4, 0.5) is 0 Å². The van der Waals surface area contributed by atoms with Crippen molar-refractivity contribution < 1.29 is 9.26 Å². The molecular formula is C32H32KN4O4. The largest absolute Gasteiger partial charge is 0.494 e. The predicted molar refractivity (Wildman–Crippen MR) is 161 cm³/mol. The summed E-state index contributed by atoms with van der Waals surface area (Å²) >= 11 is 0. The molecule has 0 fully saturated rings. The van der Waals surface area contributed by atoms with Crippen molar-refractivity contribution >= 4 is 51.4 Å². The number of benzene rings is 3. The monoisotopic (exact) mass is 575 g/mol. The van der Waals surface area contributed by atoms with Crippen LogP contribution < -0.4 is 16.1 Å². The van der Waals surface area contributed by atoms with Gasteiger partial charge in [0, 0.05) is 68.9 Å². The number of nitrogens with zero attached hydrogens (tertiary/aromatic N) is 3. The quantitative estimate of drug-likeness (QED) is 0.221.